The van der Waals surface area contributed by atoms with E-state index in [-0.39, 0.29) is 10.0 Å². The zero-order chi connectivity index (χ0) is 65.0. The van der Waals surface area contributed by atoms with Gasteiger partial charge in [-0.05, 0) is 205 Å². The molecule has 14 nitrogen and oxygen atoms in total. The van der Waals surface area contributed by atoms with Crippen LogP contribution in [-0.4, -0.2) is 88.8 Å². The van der Waals surface area contributed by atoms with E-state index in [1.54, 1.807) is 33.7 Å². The molecule has 2 fully saturated rings. The topological polar surface area (TPSA) is 185 Å². The highest BCUT2D eigenvalue weighted by atomic mass is 35.5. The molecule has 10 rings (SSSR count). The monoisotopic (exact) mass is 1280 g/mol. The van der Waals surface area contributed by atoms with Crippen LogP contribution in [-0.2, 0) is 12.8 Å². The Labute approximate surface area is 546 Å². The molecule has 0 aliphatic carbocycles. The Kier molecular flexibility index (Phi) is 23.7. The number of likely N-dealkylation sites (tertiary alicyclic amines) is 2. The van der Waals surface area contributed by atoms with Crippen molar-refractivity contribution in [3.8, 4) is 33.9 Å². The van der Waals surface area contributed by atoms with Crippen LogP contribution in [0.25, 0.3) is 56.0 Å². The number of nitrogens with two attached hydrogens (primary N) is 2. The van der Waals surface area contributed by atoms with Gasteiger partial charge in [-0.2, -0.15) is 9.97 Å². The lowest BCUT2D eigenvalue weighted by molar-refractivity contribution is 0.0659. The summed E-state index contributed by atoms with van der Waals surface area (Å²) in [6.45, 7) is 22.8. The first-order valence-corrected chi connectivity index (χ1v) is 33.9. The molecular formula is C73H94Cl2F2N12O2. The molecule has 4 aromatic heterocycles. The molecule has 4 atom stereocenters. The van der Waals surface area contributed by atoms with Crippen LogP contribution in [0.5, 0.6) is 0 Å². The second-order valence-corrected chi connectivity index (χ2v) is 27.4. The number of nitrogens with one attached hydrogen (secondary N) is 2. The lowest BCUT2D eigenvalue weighted by Gasteiger charge is -2.43. The van der Waals surface area contributed by atoms with Crippen molar-refractivity contribution in [2.45, 2.75) is 183 Å². The number of aryl methyl sites for hydroxylation is 2. The molecule has 4 aromatic carbocycles. The van der Waals surface area contributed by atoms with E-state index in [1.807, 2.05) is 62.4 Å². The van der Waals surface area contributed by atoms with Gasteiger partial charge in [-0.25, -0.2) is 18.4 Å². The van der Waals surface area contributed by atoms with E-state index >= 15 is 8.78 Å². The summed E-state index contributed by atoms with van der Waals surface area (Å²) in [5.74, 6) is 2.07. The molecule has 2 saturated heterocycles. The minimum atomic E-state index is -0.481. The van der Waals surface area contributed by atoms with Gasteiger partial charge in [0.1, 0.15) is 11.3 Å². The Bertz CT molecular complexity index is 3910. The van der Waals surface area contributed by atoms with Crippen molar-refractivity contribution >= 4 is 56.9 Å². The first kappa shape index (κ1) is 68.4. The fourth-order valence-corrected chi connectivity index (χ4v) is 13.9. The van der Waals surface area contributed by atoms with Gasteiger partial charge in [-0.3, -0.25) is 28.9 Å². The number of fused-ring (bicyclic) bond motifs is 2. The average molecular weight is 1280 g/mol. The summed E-state index contributed by atoms with van der Waals surface area (Å²) in [6, 6.07) is 28.9. The van der Waals surface area contributed by atoms with Crippen LogP contribution in [0.4, 0.5) is 8.78 Å². The molecule has 0 amide bonds. The van der Waals surface area contributed by atoms with Crippen LogP contribution in [0.1, 0.15) is 180 Å². The number of nitrogens with zero attached hydrogens (tertiary/aromatic N) is 8. The summed E-state index contributed by atoms with van der Waals surface area (Å²) in [7, 11) is 0. The van der Waals surface area contributed by atoms with E-state index in [9.17, 15) is 9.59 Å². The van der Waals surface area contributed by atoms with Gasteiger partial charge < -0.3 is 21.4 Å². The van der Waals surface area contributed by atoms with Crippen molar-refractivity contribution in [2.24, 2.45) is 39.2 Å². The fraction of sp³-hybridized carbons (Fsp3) is 0.479. The van der Waals surface area contributed by atoms with Gasteiger partial charge in [0, 0.05) is 78.1 Å². The molecule has 91 heavy (non-hydrogen) atoms. The zero-order valence-electron chi connectivity index (χ0n) is 54.8. The maximum Gasteiger partial charge on any atom is 0.354 e. The normalized spacial score (nSPS) is 17.9. The van der Waals surface area contributed by atoms with Gasteiger partial charge >= 0.3 is 11.4 Å². The number of hydrogen-bond donors (Lipinski definition) is 4. The van der Waals surface area contributed by atoms with Crippen LogP contribution in [0, 0.1) is 29.4 Å². The molecule has 18 heteroatoms. The van der Waals surface area contributed by atoms with E-state index in [1.165, 1.54) is 36.8 Å². The van der Waals surface area contributed by atoms with Crippen molar-refractivity contribution in [2.75, 3.05) is 26.2 Å². The number of halogens is 4. The first-order valence-electron chi connectivity index (χ1n) is 33.1. The highest BCUT2D eigenvalue weighted by Gasteiger charge is 2.33. The lowest BCUT2D eigenvalue weighted by atomic mass is 9.88. The predicted octanol–water partition coefficient (Wildman–Crippen LogP) is 16.7. The zero-order valence-corrected chi connectivity index (χ0v) is 56.3. The van der Waals surface area contributed by atoms with E-state index in [0.29, 0.717) is 98.2 Å². The predicted molar refractivity (Wildman–Crippen MR) is 373 cm³/mol. The standard InChI is InChI=1S/C37H48ClFN6O.C36H46ClFN6O/c1-23(2)8-6-9-26-18-31(35(39)32(38)19-26)33-20-28-22-45(37(46)43-36(28)42-33)30-14-12-27(13-15-30)34-11-7-10-29(16-17-41-25(5)40)44(34)21-24(3)4;1-5-18-43-28(16-17-40-24(4)39)10-7-11-33(43)26-12-14-29(15-13-26)44-22-27-21-32(41-35(27)42-36(44)45)30-19-25(9-6-8-23(2)3)20-31(37)34(30)38/h12-15,18-20,22-24,29,34H,6-11,16-17,21H2,1-5H3,(H2,40,41)(H,42,43,46);12-15,19-23,28,33H,5-11,16-18H2,1-4H3,(H2,39,40)(H,41,42,45)/t29-,34-;28-,33-/m00/s1. The van der Waals surface area contributed by atoms with Crippen LogP contribution in [0.3, 0.4) is 0 Å². The van der Waals surface area contributed by atoms with Crippen LogP contribution < -0.4 is 22.8 Å². The molecule has 2 aliphatic heterocycles. The number of H-pyrrole nitrogens is 2. The van der Waals surface area contributed by atoms with Gasteiger partial charge in [-0.15, -0.1) is 0 Å². The van der Waals surface area contributed by atoms with E-state index in [0.717, 1.165) is 119 Å². The summed E-state index contributed by atoms with van der Waals surface area (Å²) in [5, 5.41) is 1.63. The lowest BCUT2D eigenvalue weighted by Crippen LogP contribution is -2.44. The van der Waals surface area contributed by atoms with E-state index < -0.39 is 23.0 Å². The maximum atomic E-state index is 15.2. The largest absolute Gasteiger partial charge is 0.388 e. The average Bonchev–Trinajstić information content (AvgIpc) is 1.71. The van der Waals surface area contributed by atoms with E-state index in [4.69, 9.17) is 34.7 Å². The fourth-order valence-electron chi connectivity index (χ4n) is 13.4. The Morgan fingerprint density at radius 2 is 1.02 bits per heavy atom. The number of hydrogen-bond acceptors (Lipinski definition) is 8. The van der Waals surface area contributed by atoms with Gasteiger partial charge in [0.05, 0.1) is 44.5 Å². The van der Waals surface area contributed by atoms with Crippen LogP contribution >= 0.6 is 23.2 Å². The summed E-state index contributed by atoms with van der Waals surface area (Å²) in [6.07, 6.45) is 19.3. The van der Waals surface area contributed by atoms with Gasteiger partial charge in [0.2, 0.25) is 0 Å². The second kappa shape index (κ2) is 31.6. The van der Waals surface area contributed by atoms with Crippen molar-refractivity contribution in [1.29, 1.82) is 0 Å². The summed E-state index contributed by atoms with van der Waals surface area (Å²) >= 11 is 12.6. The summed E-state index contributed by atoms with van der Waals surface area (Å²) in [5.41, 5.74) is 19.4. The number of rotatable bonds is 24. The minimum Gasteiger partial charge on any atom is -0.388 e. The minimum absolute atomic E-state index is 0.0961. The highest BCUT2D eigenvalue weighted by Crippen LogP contribution is 2.39. The van der Waals surface area contributed by atoms with Crippen molar-refractivity contribution in [3.63, 3.8) is 0 Å². The second-order valence-electron chi connectivity index (χ2n) is 26.5. The SMILES string of the molecule is CC(N)=NCC[C@@H]1CCC[C@@H](c2ccc(-n3cc4cc(-c5cc(CCCC(C)C)cc(Cl)c5F)[nH]c4nc3=O)cc2)N1CC(C)C.CCCN1[C@H](CCN=C(C)N)CCC[C@H]1c1ccc(-n2cc3cc(-c4cc(CCCC(C)C)cc(Cl)c4F)[nH]c3nc2=O)cc1. The maximum absolute atomic E-state index is 15.2. The molecule has 486 valence electrons. The number of amidine groups is 2. The van der Waals surface area contributed by atoms with Crippen LogP contribution in [0.15, 0.2) is 117 Å². The molecule has 6 heterocycles. The van der Waals surface area contributed by atoms with E-state index in [2.05, 4.69) is 112 Å². The Balaban J connectivity index is 0.000000215. The summed E-state index contributed by atoms with van der Waals surface area (Å²) < 4.78 is 33.5. The number of aliphatic imine (C=N–C) groups is 2. The third kappa shape index (κ3) is 17.6. The van der Waals surface area contributed by atoms with Gasteiger partial charge in [0.25, 0.3) is 0 Å². The van der Waals surface area contributed by atoms with Gasteiger partial charge in [0.15, 0.2) is 11.6 Å². The quantitative estimate of drug-likeness (QED) is 0.0340. The number of piperidine rings is 2. The number of benzene rings is 4. The molecular weight excluding hydrogens is 1190 g/mol. The molecule has 0 bridgehead atoms. The third-order valence-corrected chi connectivity index (χ3v) is 18.4. The summed E-state index contributed by atoms with van der Waals surface area (Å²) in [4.78, 5) is 55.4. The first-order chi connectivity index (χ1) is 43.6. The smallest absolute Gasteiger partial charge is 0.354 e. The molecule has 2 aliphatic rings. The van der Waals surface area contributed by atoms with Crippen LogP contribution in [0.2, 0.25) is 10.0 Å². The number of aromatic nitrogens is 6. The molecule has 0 saturated carbocycles. The van der Waals surface area contributed by atoms with Crippen molar-refractivity contribution in [1.82, 2.24) is 38.9 Å². The van der Waals surface area contributed by atoms with Crippen molar-refractivity contribution < 1.29 is 8.78 Å². The Hall–Kier alpha value is -6.98. The molecule has 0 radical (unpaired) electrons. The molecule has 8 aromatic rings. The Morgan fingerprint density at radius 1 is 0.604 bits per heavy atom. The number of aromatic amines is 2. The molecule has 6 N–H and O–H groups in total. The highest BCUT2D eigenvalue weighted by molar-refractivity contribution is 6.31. The molecule has 0 unspecified atom stereocenters. The van der Waals surface area contributed by atoms with Gasteiger partial charge in [-0.1, -0.05) is 109 Å². The Morgan fingerprint density at radius 3 is 1.42 bits per heavy atom. The van der Waals surface area contributed by atoms with Crippen molar-refractivity contribution in [3.05, 3.63) is 162 Å². The third-order valence-electron chi connectivity index (χ3n) is 17.9. The molecule has 0 spiro atoms.